The minimum absolute atomic E-state index is 0.0441. The molecule has 1 aromatic heterocycles. The summed E-state index contributed by atoms with van der Waals surface area (Å²) in [6.07, 6.45) is 6.85. The Labute approximate surface area is 152 Å². The summed E-state index contributed by atoms with van der Waals surface area (Å²) in [5.74, 6) is -0.236. The smallest absolute Gasteiger partial charge is 0.270 e. The average Bonchev–Trinajstić information content (AvgIpc) is 2.68. The monoisotopic (exact) mass is 348 g/mol. The summed E-state index contributed by atoms with van der Waals surface area (Å²) in [7, 11) is 0. The maximum atomic E-state index is 12.9. The lowest BCUT2D eigenvalue weighted by molar-refractivity contribution is -0.129. The van der Waals surface area contributed by atoms with E-state index in [0.717, 1.165) is 12.0 Å². The van der Waals surface area contributed by atoms with Crippen LogP contribution in [0.4, 0.5) is 0 Å². The molecule has 1 amide bonds. The molecule has 1 atom stereocenters. The van der Waals surface area contributed by atoms with Gasteiger partial charge in [-0.2, -0.15) is 10.2 Å². The molecule has 2 N–H and O–H groups in total. The second-order valence-corrected chi connectivity index (χ2v) is 5.98. The Morgan fingerprint density at radius 3 is 2.81 bits per heavy atom. The second kappa shape index (κ2) is 7.69. The Morgan fingerprint density at radius 2 is 2.08 bits per heavy atom. The highest BCUT2D eigenvalue weighted by Crippen LogP contribution is 2.29. The SMILES string of the molecule is C=NN=C(C=C(N)C(=O)N1CCc2ccccc2[C@H]1C)c1cncnc1. The van der Waals surface area contributed by atoms with E-state index in [4.69, 9.17) is 5.73 Å². The number of allylic oxidation sites excluding steroid dienone is 1. The standard InChI is InChI=1S/C19H20N6O/c1-13-16-6-4-3-5-14(16)7-8-25(13)19(26)17(20)9-18(24-21-2)15-10-22-12-23-11-15/h3-6,9-13H,2,7-8,20H2,1H3/t13-/m1/s1. The van der Waals surface area contributed by atoms with Crippen molar-refractivity contribution in [2.24, 2.45) is 15.9 Å². The van der Waals surface area contributed by atoms with Crippen LogP contribution in [-0.4, -0.2) is 39.7 Å². The summed E-state index contributed by atoms with van der Waals surface area (Å²) in [6.45, 7) is 5.99. The molecule has 0 saturated carbocycles. The predicted octanol–water partition coefficient (Wildman–Crippen LogP) is 1.87. The Hall–Kier alpha value is -3.35. The maximum Gasteiger partial charge on any atom is 0.270 e. The normalized spacial score (nSPS) is 17.6. The fourth-order valence-electron chi connectivity index (χ4n) is 3.10. The Kier molecular flexibility index (Phi) is 5.17. The molecule has 0 fully saturated rings. The minimum atomic E-state index is -0.236. The van der Waals surface area contributed by atoms with Gasteiger partial charge in [-0.15, -0.1) is 0 Å². The molecule has 132 valence electrons. The third kappa shape index (κ3) is 3.51. The summed E-state index contributed by atoms with van der Waals surface area (Å²) in [4.78, 5) is 22.6. The van der Waals surface area contributed by atoms with Gasteiger partial charge in [0.1, 0.15) is 6.33 Å². The zero-order valence-corrected chi connectivity index (χ0v) is 14.5. The van der Waals surface area contributed by atoms with Crippen molar-refractivity contribution in [2.45, 2.75) is 19.4 Å². The Morgan fingerprint density at radius 1 is 1.35 bits per heavy atom. The molecule has 2 aromatic rings. The van der Waals surface area contributed by atoms with Crippen LogP contribution in [-0.2, 0) is 11.2 Å². The summed E-state index contributed by atoms with van der Waals surface area (Å²) in [5.41, 5.74) is 9.58. The number of nitrogens with zero attached hydrogens (tertiary/aromatic N) is 5. The van der Waals surface area contributed by atoms with Gasteiger partial charge in [-0.3, -0.25) is 4.79 Å². The Bertz CT molecular complexity index is 875. The Balaban J connectivity index is 1.86. The maximum absolute atomic E-state index is 12.9. The first-order valence-electron chi connectivity index (χ1n) is 8.27. The molecule has 7 heteroatoms. The lowest BCUT2D eigenvalue weighted by Crippen LogP contribution is -2.41. The zero-order valence-electron chi connectivity index (χ0n) is 14.5. The fourth-order valence-corrected chi connectivity index (χ4v) is 3.10. The van der Waals surface area contributed by atoms with E-state index in [2.05, 4.69) is 39.0 Å². The summed E-state index contributed by atoms with van der Waals surface area (Å²) in [5, 5.41) is 7.48. The molecule has 0 aliphatic carbocycles. The van der Waals surface area contributed by atoms with Gasteiger partial charge >= 0.3 is 0 Å². The van der Waals surface area contributed by atoms with Crippen LogP contribution >= 0.6 is 0 Å². The van der Waals surface area contributed by atoms with Crippen LogP contribution in [0, 0.1) is 0 Å². The van der Waals surface area contributed by atoms with E-state index in [1.54, 1.807) is 17.3 Å². The average molecular weight is 348 g/mol. The number of fused-ring (bicyclic) bond motifs is 1. The molecule has 0 radical (unpaired) electrons. The number of benzene rings is 1. The molecule has 1 aliphatic rings. The number of carbonyl (C=O) groups excluding carboxylic acids is 1. The first-order valence-corrected chi connectivity index (χ1v) is 8.27. The quantitative estimate of drug-likeness (QED) is 0.518. The second-order valence-electron chi connectivity index (χ2n) is 5.98. The van der Waals surface area contributed by atoms with Gasteiger partial charge in [0, 0.05) is 31.2 Å². The van der Waals surface area contributed by atoms with Crippen LogP contribution in [0.2, 0.25) is 0 Å². The molecule has 1 aromatic carbocycles. The third-order valence-corrected chi connectivity index (χ3v) is 4.43. The van der Waals surface area contributed by atoms with E-state index in [0.29, 0.717) is 17.8 Å². The van der Waals surface area contributed by atoms with Crippen molar-refractivity contribution in [3.8, 4) is 0 Å². The number of carbonyl (C=O) groups is 1. The van der Waals surface area contributed by atoms with E-state index in [1.165, 1.54) is 18.0 Å². The number of amides is 1. The third-order valence-electron chi connectivity index (χ3n) is 4.43. The molecule has 26 heavy (non-hydrogen) atoms. The van der Waals surface area contributed by atoms with Crippen molar-refractivity contribution in [1.82, 2.24) is 14.9 Å². The van der Waals surface area contributed by atoms with Crippen LogP contribution in [0.3, 0.4) is 0 Å². The molecule has 1 aliphatic heterocycles. The number of aromatic nitrogens is 2. The summed E-state index contributed by atoms with van der Waals surface area (Å²) >= 11 is 0. The van der Waals surface area contributed by atoms with Gasteiger partial charge in [0.2, 0.25) is 0 Å². The van der Waals surface area contributed by atoms with Crippen molar-refractivity contribution in [2.75, 3.05) is 6.54 Å². The highest BCUT2D eigenvalue weighted by Gasteiger charge is 2.28. The molecule has 2 heterocycles. The van der Waals surface area contributed by atoms with E-state index in [9.17, 15) is 4.79 Å². The first-order chi connectivity index (χ1) is 12.6. The number of rotatable bonds is 4. The van der Waals surface area contributed by atoms with Gasteiger partial charge in [0.25, 0.3) is 5.91 Å². The summed E-state index contributed by atoms with van der Waals surface area (Å²) < 4.78 is 0. The van der Waals surface area contributed by atoms with Crippen LogP contribution in [0.25, 0.3) is 0 Å². The highest BCUT2D eigenvalue weighted by atomic mass is 16.2. The molecule has 0 saturated heterocycles. The van der Waals surface area contributed by atoms with E-state index >= 15 is 0 Å². The predicted molar refractivity (Wildman–Crippen MR) is 101 cm³/mol. The van der Waals surface area contributed by atoms with Crippen molar-refractivity contribution in [3.05, 3.63) is 71.4 Å². The number of hydrogen-bond acceptors (Lipinski definition) is 6. The summed E-state index contributed by atoms with van der Waals surface area (Å²) in [6, 6.07) is 8.11. The zero-order chi connectivity index (χ0) is 18.5. The number of hydrogen-bond donors (Lipinski definition) is 1. The molecule has 0 spiro atoms. The van der Waals surface area contributed by atoms with Gasteiger partial charge in [-0.25, -0.2) is 9.97 Å². The first kappa shape index (κ1) is 17.5. The van der Waals surface area contributed by atoms with Crippen molar-refractivity contribution in [3.63, 3.8) is 0 Å². The lowest BCUT2D eigenvalue weighted by atomic mass is 9.93. The van der Waals surface area contributed by atoms with Gasteiger partial charge in [-0.05, 0) is 30.5 Å². The fraction of sp³-hybridized carbons (Fsp3) is 0.211. The van der Waals surface area contributed by atoms with Crippen LogP contribution in [0.5, 0.6) is 0 Å². The van der Waals surface area contributed by atoms with Crippen molar-refractivity contribution >= 4 is 18.3 Å². The van der Waals surface area contributed by atoms with Gasteiger partial charge in [0.05, 0.1) is 17.5 Å². The minimum Gasteiger partial charge on any atom is -0.394 e. The van der Waals surface area contributed by atoms with E-state index < -0.39 is 0 Å². The van der Waals surface area contributed by atoms with E-state index in [-0.39, 0.29) is 17.6 Å². The molecule has 0 unspecified atom stereocenters. The van der Waals surface area contributed by atoms with Crippen LogP contribution in [0.15, 0.2) is 65.0 Å². The van der Waals surface area contributed by atoms with E-state index in [1.807, 2.05) is 19.1 Å². The van der Waals surface area contributed by atoms with Gasteiger partial charge in [-0.1, -0.05) is 24.3 Å². The highest BCUT2D eigenvalue weighted by molar-refractivity contribution is 6.12. The van der Waals surface area contributed by atoms with Crippen molar-refractivity contribution in [1.29, 1.82) is 0 Å². The molecular weight excluding hydrogens is 328 g/mol. The van der Waals surface area contributed by atoms with Gasteiger partial charge < -0.3 is 10.6 Å². The molecule has 7 nitrogen and oxygen atoms in total. The topological polar surface area (TPSA) is 96.8 Å². The molecular formula is C19H20N6O. The molecule has 3 rings (SSSR count). The number of nitrogens with two attached hydrogens (primary N) is 1. The van der Waals surface area contributed by atoms with Crippen LogP contribution < -0.4 is 5.73 Å². The van der Waals surface area contributed by atoms with Crippen molar-refractivity contribution < 1.29 is 4.79 Å². The van der Waals surface area contributed by atoms with Crippen LogP contribution in [0.1, 0.15) is 29.7 Å². The van der Waals surface area contributed by atoms with Gasteiger partial charge in [0.15, 0.2) is 0 Å². The lowest BCUT2D eigenvalue weighted by Gasteiger charge is -2.35. The molecule has 0 bridgehead atoms. The largest absolute Gasteiger partial charge is 0.394 e.